The predicted octanol–water partition coefficient (Wildman–Crippen LogP) is 4.03. The van der Waals surface area contributed by atoms with Crippen LogP contribution in [-0.4, -0.2) is 17.6 Å². The first-order valence-corrected chi connectivity index (χ1v) is 7.21. The molecule has 3 rings (SSSR count). The minimum absolute atomic E-state index is 0.285. The fraction of sp³-hybridized carbons (Fsp3) is 0.643. The lowest BCUT2D eigenvalue weighted by atomic mass is 9.96. The van der Waals surface area contributed by atoms with E-state index in [-0.39, 0.29) is 5.82 Å². The summed E-state index contributed by atoms with van der Waals surface area (Å²) in [6, 6.07) is 1.85. The Hall–Kier alpha value is -0.830. The molecule has 1 saturated carbocycles. The van der Waals surface area contributed by atoms with Crippen LogP contribution in [0.1, 0.15) is 38.5 Å². The van der Waals surface area contributed by atoms with Crippen molar-refractivity contribution in [1.82, 2.24) is 4.98 Å². The van der Waals surface area contributed by atoms with E-state index in [0.717, 1.165) is 18.9 Å². The minimum Gasteiger partial charge on any atom is -0.351 e. The molecule has 0 aromatic carbocycles. The molecule has 0 spiro atoms. The largest absolute Gasteiger partial charge is 0.351 e. The van der Waals surface area contributed by atoms with Gasteiger partial charge in [-0.1, -0.05) is 24.4 Å². The number of hydrogen-bond donors (Lipinski definition) is 0. The lowest BCUT2D eigenvalue weighted by Gasteiger charge is -2.30. The Morgan fingerprint density at radius 3 is 2.72 bits per heavy atom. The molecule has 1 saturated heterocycles. The molecule has 0 amide bonds. The molecule has 98 valence electrons. The molecule has 0 N–H and O–H groups in total. The zero-order valence-electron chi connectivity index (χ0n) is 10.4. The lowest BCUT2D eigenvalue weighted by Crippen LogP contribution is -2.35. The second-order valence-corrected chi connectivity index (χ2v) is 5.84. The molecule has 1 aromatic rings. The average molecular weight is 269 g/mol. The van der Waals surface area contributed by atoms with Crippen LogP contribution in [0.3, 0.4) is 0 Å². The Balaban J connectivity index is 1.85. The molecule has 2 heterocycles. The van der Waals surface area contributed by atoms with Crippen LogP contribution in [0.25, 0.3) is 0 Å². The fourth-order valence-corrected chi connectivity index (χ4v) is 3.65. The van der Waals surface area contributed by atoms with Crippen LogP contribution in [-0.2, 0) is 0 Å². The second-order valence-electron chi connectivity index (χ2n) is 5.41. The predicted molar refractivity (Wildman–Crippen MR) is 71.5 cm³/mol. The van der Waals surface area contributed by atoms with Crippen molar-refractivity contribution in [1.29, 1.82) is 0 Å². The van der Waals surface area contributed by atoms with Gasteiger partial charge in [-0.3, -0.25) is 0 Å². The van der Waals surface area contributed by atoms with E-state index in [0.29, 0.717) is 16.9 Å². The Labute approximate surface area is 112 Å². The van der Waals surface area contributed by atoms with E-state index in [1.165, 1.54) is 38.2 Å². The zero-order valence-corrected chi connectivity index (χ0v) is 11.2. The van der Waals surface area contributed by atoms with Gasteiger partial charge in [0, 0.05) is 18.8 Å². The summed E-state index contributed by atoms with van der Waals surface area (Å²) in [5.74, 6) is 0.936. The molecule has 1 aliphatic heterocycles. The maximum Gasteiger partial charge on any atom is 0.167 e. The van der Waals surface area contributed by atoms with Crippen LogP contribution in [0.4, 0.5) is 10.2 Å². The third-order valence-corrected chi connectivity index (χ3v) is 4.51. The van der Waals surface area contributed by atoms with Crippen molar-refractivity contribution in [3.63, 3.8) is 0 Å². The average Bonchev–Trinajstić information content (AvgIpc) is 2.98. The van der Waals surface area contributed by atoms with Crippen molar-refractivity contribution in [3.05, 3.63) is 23.1 Å². The van der Waals surface area contributed by atoms with Gasteiger partial charge in [0.1, 0.15) is 0 Å². The van der Waals surface area contributed by atoms with Gasteiger partial charge in [-0.05, 0) is 37.7 Å². The fourth-order valence-electron chi connectivity index (χ4n) is 3.51. The standard InChI is InChI=1S/C14H18ClFN2/c15-11-8-12(16)14(17-9-11)18-7-3-6-13(18)10-4-1-2-5-10/h8-10,13H,1-7H2. The maximum atomic E-state index is 14.0. The van der Waals surface area contributed by atoms with E-state index >= 15 is 0 Å². The summed E-state index contributed by atoms with van der Waals surface area (Å²) in [4.78, 5) is 6.37. The summed E-state index contributed by atoms with van der Waals surface area (Å²) in [5.41, 5.74) is 0. The van der Waals surface area contributed by atoms with Gasteiger partial charge in [-0.15, -0.1) is 0 Å². The van der Waals surface area contributed by atoms with Crippen molar-refractivity contribution >= 4 is 17.4 Å². The molecule has 2 aliphatic rings. The minimum atomic E-state index is -0.285. The zero-order chi connectivity index (χ0) is 12.5. The van der Waals surface area contributed by atoms with Crippen LogP contribution in [0.5, 0.6) is 0 Å². The number of rotatable bonds is 2. The van der Waals surface area contributed by atoms with Crippen LogP contribution >= 0.6 is 11.6 Å². The molecule has 1 aromatic heterocycles. The Bertz CT molecular complexity index is 432. The summed E-state index contributed by atoms with van der Waals surface area (Å²) in [7, 11) is 0. The molecule has 4 heteroatoms. The monoisotopic (exact) mass is 268 g/mol. The summed E-state index contributed by atoms with van der Waals surface area (Å²) in [6.07, 6.45) is 9.09. The Kier molecular flexibility index (Phi) is 3.42. The summed E-state index contributed by atoms with van der Waals surface area (Å²) in [5, 5.41) is 0.368. The number of anilines is 1. The molecule has 0 radical (unpaired) electrons. The van der Waals surface area contributed by atoms with Gasteiger partial charge < -0.3 is 4.90 Å². The number of nitrogens with zero attached hydrogens (tertiary/aromatic N) is 2. The molecule has 1 aliphatic carbocycles. The third kappa shape index (κ3) is 2.20. The van der Waals surface area contributed by atoms with E-state index in [4.69, 9.17) is 11.6 Å². The van der Waals surface area contributed by atoms with Gasteiger partial charge >= 0.3 is 0 Å². The number of hydrogen-bond acceptors (Lipinski definition) is 2. The highest BCUT2D eigenvalue weighted by atomic mass is 35.5. The highest BCUT2D eigenvalue weighted by molar-refractivity contribution is 6.30. The summed E-state index contributed by atoms with van der Waals surface area (Å²) in [6.45, 7) is 0.923. The molecule has 1 unspecified atom stereocenters. The first kappa shape index (κ1) is 12.2. The molecule has 2 fully saturated rings. The lowest BCUT2D eigenvalue weighted by molar-refractivity contribution is 0.425. The number of halogens is 2. The first-order chi connectivity index (χ1) is 8.75. The van der Waals surface area contributed by atoms with Gasteiger partial charge in [-0.2, -0.15) is 0 Å². The van der Waals surface area contributed by atoms with Gasteiger partial charge in [0.2, 0.25) is 0 Å². The Morgan fingerprint density at radius 1 is 1.22 bits per heavy atom. The smallest absolute Gasteiger partial charge is 0.167 e. The van der Waals surface area contributed by atoms with Gasteiger partial charge in [0.25, 0.3) is 0 Å². The first-order valence-electron chi connectivity index (χ1n) is 6.83. The molecule has 0 bridgehead atoms. The van der Waals surface area contributed by atoms with Crippen LogP contribution in [0, 0.1) is 11.7 Å². The summed E-state index contributed by atoms with van der Waals surface area (Å²) >= 11 is 5.77. The molecule has 2 nitrogen and oxygen atoms in total. The second kappa shape index (κ2) is 5.04. The summed E-state index contributed by atoms with van der Waals surface area (Å²) < 4.78 is 14.0. The van der Waals surface area contributed by atoms with Crippen LogP contribution in [0.15, 0.2) is 12.3 Å². The maximum absolute atomic E-state index is 14.0. The topological polar surface area (TPSA) is 16.1 Å². The molecular weight excluding hydrogens is 251 g/mol. The van der Waals surface area contributed by atoms with Crippen LogP contribution < -0.4 is 4.90 Å². The highest BCUT2D eigenvalue weighted by Gasteiger charge is 2.35. The van der Waals surface area contributed by atoms with E-state index in [1.807, 2.05) is 0 Å². The number of aromatic nitrogens is 1. The highest BCUT2D eigenvalue weighted by Crippen LogP contribution is 2.38. The Morgan fingerprint density at radius 2 is 2.00 bits per heavy atom. The van der Waals surface area contributed by atoms with E-state index in [9.17, 15) is 4.39 Å². The van der Waals surface area contributed by atoms with Crippen molar-refractivity contribution in [2.45, 2.75) is 44.6 Å². The number of pyridine rings is 1. The van der Waals surface area contributed by atoms with E-state index in [2.05, 4.69) is 9.88 Å². The van der Waals surface area contributed by atoms with Crippen molar-refractivity contribution in [2.24, 2.45) is 5.92 Å². The SMILES string of the molecule is Fc1cc(Cl)cnc1N1CCCC1C1CCCC1. The van der Waals surface area contributed by atoms with E-state index in [1.54, 1.807) is 6.20 Å². The van der Waals surface area contributed by atoms with Gasteiger partial charge in [0.15, 0.2) is 11.6 Å². The quantitative estimate of drug-likeness (QED) is 0.805. The molecule has 1 atom stereocenters. The van der Waals surface area contributed by atoms with Crippen LogP contribution in [0.2, 0.25) is 5.02 Å². The van der Waals surface area contributed by atoms with Gasteiger partial charge in [-0.25, -0.2) is 9.37 Å². The van der Waals surface area contributed by atoms with Crippen molar-refractivity contribution in [2.75, 3.05) is 11.4 Å². The normalized spacial score (nSPS) is 25.0. The third-order valence-electron chi connectivity index (χ3n) is 4.30. The molecular formula is C14H18ClFN2. The van der Waals surface area contributed by atoms with Gasteiger partial charge in [0.05, 0.1) is 5.02 Å². The van der Waals surface area contributed by atoms with E-state index < -0.39 is 0 Å². The van der Waals surface area contributed by atoms with Crippen molar-refractivity contribution in [3.8, 4) is 0 Å². The van der Waals surface area contributed by atoms with Crippen molar-refractivity contribution < 1.29 is 4.39 Å². The molecule has 18 heavy (non-hydrogen) atoms.